The van der Waals surface area contributed by atoms with Crippen LogP contribution in [0.1, 0.15) is 23.2 Å². The topological polar surface area (TPSA) is 32.3 Å². The van der Waals surface area contributed by atoms with E-state index in [-0.39, 0.29) is 18.3 Å². The molecule has 0 spiro atoms. The fourth-order valence-electron chi connectivity index (χ4n) is 2.20. The number of amides is 1. The maximum Gasteiger partial charge on any atom is 0.253 e. The van der Waals surface area contributed by atoms with Gasteiger partial charge in [0.1, 0.15) is 0 Å². The van der Waals surface area contributed by atoms with E-state index >= 15 is 0 Å². The molecule has 5 heteroatoms. The van der Waals surface area contributed by atoms with Crippen molar-refractivity contribution in [2.45, 2.75) is 18.9 Å². The number of carbonyl (C=O) groups is 1. The second-order valence-electron chi connectivity index (χ2n) is 4.39. The van der Waals surface area contributed by atoms with E-state index in [1.54, 1.807) is 12.1 Å². The zero-order valence-corrected chi connectivity index (χ0v) is 11.9. The van der Waals surface area contributed by atoms with E-state index in [1.807, 2.05) is 24.1 Å². The molecule has 1 atom stereocenters. The molecule has 0 saturated carbocycles. The van der Waals surface area contributed by atoms with Gasteiger partial charge in [0.15, 0.2) is 0 Å². The minimum atomic E-state index is 0. The Kier molecular flexibility index (Phi) is 5.93. The molecule has 0 radical (unpaired) electrons. The van der Waals surface area contributed by atoms with E-state index in [1.165, 1.54) is 0 Å². The highest BCUT2D eigenvalue weighted by Crippen LogP contribution is 2.16. The molecule has 1 heterocycles. The summed E-state index contributed by atoms with van der Waals surface area (Å²) in [5.74, 6) is 0.0763. The molecule has 3 nitrogen and oxygen atoms in total. The Morgan fingerprint density at radius 2 is 2.28 bits per heavy atom. The molecule has 1 N–H and O–H groups in total. The lowest BCUT2D eigenvalue weighted by atomic mass is 10.0. The predicted molar refractivity (Wildman–Crippen MR) is 76.7 cm³/mol. The Balaban J connectivity index is 0.00000162. The summed E-state index contributed by atoms with van der Waals surface area (Å²) in [6.45, 7) is 1.62. The largest absolute Gasteiger partial charge is 0.337 e. The van der Waals surface area contributed by atoms with Gasteiger partial charge < -0.3 is 10.2 Å². The molecule has 0 aliphatic carbocycles. The molecule has 1 aromatic rings. The van der Waals surface area contributed by atoms with Crippen molar-refractivity contribution in [1.29, 1.82) is 0 Å². The second kappa shape index (κ2) is 6.98. The van der Waals surface area contributed by atoms with Gasteiger partial charge in [0.2, 0.25) is 0 Å². The molecule has 1 aromatic carbocycles. The standard InChI is InChI=1S/C13H17ClN2O.ClH/c1-15-12-6-3-7-16(9-12)13(17)10-4-2-5-11(14)8-10;/h2,4-5,8,12,15H,3,6-7,9H2,1H3;1H/t12-;/m1./s1. The van der Waals surface area contributed by atoms with Gasteiger partial charge >= 0.3 is 0 Å². The zero-order chi connectivity index (χ0) is 12.3. The molecule has 1 fully saturated rings. The second-order valence-corrected chi connectivity index (χ2v) is 4.83. The van der Waals surface area contributed by atoms with Gasteiger partial charge in [-0.25, -0.2) is 0 Å². The van der Waals surface area contributed by atoms with E-state index in [0.29, 0.717) is 16.6 Å². The monoisotopic (exact) mass is 288 g/mol. The Labute approximate surface area is 119 Å². The van der Waals surface area contributed by atoms with Crippen LogP contribution in [0, 0.1) is 0 Å². The molecule has 0 unspecified atom stereocenters. The van der Waals surface area contributed by atoms with Gasteiger partial charge in [-0.1, -0.05) is 17.7 Å². The molecule has 1 amide bonds. The number of likely N-dealkylation sites (tertiary alicyclic amines) is 1. The van der Waals surface area contributed by atoms with Crippen molar-refractivity contribution in [3.63, 3.8) is 0 Å². The number of hydrogen-bond donors (Lipinski definition) is 1. The van der Waals surface area contributed by atoms with Crippen LogP contribution in [-0.2, 0) is 0 Å². The van der Waals surface area contributed by atoms with E-state index in [4.69, 9.17) is 11.6 Å². The fraction of sp³-hybridized carbons (Fsp3) is 0.462. The summed E-state index contributed by atoms with van der Waals surface area (Å²) in [4.78, 5) is 14.2. The molecular formula is C13H18Cl2N2O. The molecule has 0 bridgehead atoms. The highest BCUT2D eigenvalue weighted by molar-refractivity contribution is 6.30. The third-order valence-corrected chi connectivity index (χ3v) is 3.42. The maximum absolute atomic E-state index is 12.3. The van der Waals surface area contributed by atoms with E-state index in [2.05, 4.69) is 5.32 Å². The zero-order valence-electron chi connectivity index (χ0n) is 10.4. The number of halogens is 2. The number of likely N-dealkylation sites (N-methyl/N-ethyl adjacent to an activating group) is 1. The molecule has 100 valence electrons. The van der Waals surface area contributed by atoms with Crippen molar-refractivity contribution in [3.05, 3.63) is 34.9 Å². The van der Waals surface area contributed by atoms with Gasteiger partial charge in [0.05, 0.1) is 0 Å². The normalized spacial score (nSPS) is 19.2. The average molecular weight is 289 g/mol. The Morgan fingerprint density at radius 1 is 1.50 bits per heavy atom. The predicted octanol–water partition coefficient (Wildman–Crippen LogP) is 2.59. The molecule has 1 aliphatic heterocycles. The lowest BCUT2D eigenvalue weighted by Gasteiger charge is -2.32. The summed E-state index contributed by atoms with van der Waals surface area (Å²) in [7, 11) is 1.94. The molecule has 1 saturated heterocycles. The first-order valence-corrected chi connectivity index (χ1v) is 6.30. The minimum Gasteiger partial charge on any atom is -0.337 e. The van der Waals surface area contributed by atoms with E-state index < -0.39 is 0 Å². The average Bonchev–Trinajstić information content (AvgIpc) is 2.38. The highest BCUT2D eigenvalue weighted by Gasteiger charge is 2.23. The van der Waals surface area contributed by atoms with Gasteiger partial charge in [-0.3, -0.25) is 4.79 Å². The van der Waals surface area contributed by atoms with Crippen molar-refractivity contribution in [2.24, 2.45) is 0 Å². The summed E-state index contributed by atoms with van der Waals surface area (Å²) in [6.07, 6.45) is 2.19. The number of benzene rings is 1. The third-order valence-electron chi connectivity index (χ3n) is 3.19. The van der Waals surface area contributed by atoms with E-state index in [0.717, 1.165) is 25.9 Å². The van der Waals surface area contributed by atoms with Crippen LogP contribution in [0.15, 0.2) is 24.3 Å². The number of nitrogens with one attached hydrogen (secondary N) is 1. The molecule has 0 aromatic heterocycles. The van der Waals surface area contributed by atoms with Crippen LogP contribution in [0.2, 0.25) is 5.02 Å². The van der Waals surface area contributed by atoms with Crippen LogP contribution in [0.5, 0.6) is 0 Å². The van der Waals surface area contributed by atoms with Crippen LogP contribution in [0.25, 0.3) is 0 Å². The highest BCUT2D eigenvalue weighted by atomic mass is 35.5. The van der Waals surface area contributed by atoms with Crippen LogP contribution in [0.3, 0.4) is 0 Å². The lowest BCUT2D eigenvalue weighted by molar-refractivity contribution is 0.0698. The van der Waals surface area contributed by atoms with Gasteiger partial charge in [-0.05, 0) is 38.1 Å². The summed E-state index contributed by atoms with van der Waals surface area (Å²) >= 11 is 5.90. The van der Waals surface area contributed by atoms with Gasteiger partial charge in [0.25, 0.3) is 5.91 Å². The van der Waals surface area contributed by atoms with Gasteiger partial charge in [0, 0.05) is 29.7 Å². The summed E-state index contributed by atoms with van der Waals surface area (Å²) < 4.78 is 0. The number of rotatable bonds is 2. The molecule has 1 aliphatic rings. The first kappa shape index (κ1) is 15.3. The number of piperidine rings is 1. The van der Waals surface area contributed by atoms with E-state index in [9.17, 15) is 4.79 Å². The Morgan fingerprint density at radius 3 is 2.94 bits per heavy atom. The Bertz CT molecular complexity index is 412. The van der Waals surface area contributed by atoms with Gasteiger partial charge in [-0.2, -0.15) is 0 Å². The van der Waals surface area contributed by atoms with Crippen molar-refractivity contribution >= 4 is 29.9 Å². The van der Waals surface area contributed by atoms with Crippen molar-refractivity contribution in [2.75, 3.05) is 20.1 Å². The van der Waals surface area contributed by atoms with Gasteiger partial charge in [-0.15, -0.1) is 12.4 Å². The summed E-state index contributed by atoms with van der Waals surface area (Å²) in [5.41, 5.74) is 0.675. The smallest absolute Gasteiger partial charge is 0.253 e. The van der Waals surface area contributed by atoms with Crippen LogP contribution in [-0.4, -0.2) is 37.0 Å². The maximum atomic E-state index is 12.3. The molecular weight excluding hydrogens is 271 g/mol. The van der Waals surface area contributed by atoms with Crippen molar-refractivity contribution < 1.29 is 4.79 Å². The molecule has 2 rings (SSSR count). The molecule has 18 heavy (non-hydrogen) atoms. The quantitative estimate of drug-likeness (QED) is 0.907. The van der Waals surface area contributed by atoms with Crippen LogP contribution < -0.4 is 5.32 Å². The van der Waals surface area contributed by atoms with Crippen molar-refractivity contribution in [3.8, 4) is 0 Å². The summed E-state index contributed by atoms with van der Waals surface area (Å²) in [5, 5.41) is 3.84. The number of hydrogen-bond acceptors (Lipinski definition) is 2. The SMILES string of the molecule is CN[C@@H]1CCCN(C(=O)c2cccc(Cl)c2)C1.Cl. The summed E-state index contributed by atoms with van der Waals surface area (Å²) in [6, 6.07) is 7.55. The first-order valence-electron chi connectivity index (χ1n) is 5.93. The Hall–Kier alpha value is -0.770. The fourth-order valence-corrected chi connectivity index (χ4v) is 2.39. The lowest BCUT2D eigenvalue weighted by Crippen LogP contribution is -2.46. The third kappa shape index (κ3) is 3.61. The minimum absolute atomic E-state index is 0. The number of nitrogens with zero attached hydrogens (tertiary/aromatic N) is 1. The first-order chi connectivity index (χ1) is 8.20. The number of carbonyl (C=O) groups excluding carboxylic acids is 1. The van der Waals surface area contributed by atoms with Crippen LogP contribution >= 0.6 is 24.0 Å². The van der Waals surface area contributed by atoms with Crippen molar-refractivity contribution in [1.82, 2.24) is 10.2 Å². The van der Waals surface area contributed by atoms with Crippen LogP contribution in [0.4, 0.5) is 0 Å².